The molecular weight excluding hydrogens is 206 g/mol. The molecule has 0 aliphatic carbocycles. The van der Waals surface area contributed by atoms with Crippen LogP contribution >= 0.6 is 23.4 Å². The quantitative estimate of drug-likeness (QED) is 0.365. The lowest BCUT2D eigenvalue weighted by Crippen LogP contribution is -2.04. The monoisotopic (exact) mass is 215 g/mol. The molecule has 2 nitrogen and oxygen atoms in total. The summed E-state index contributed by atoms with van der Waals surface area (Å²) in [5, 5.41) is 0. The summed E-state index contributed by atoms with van der Waals surface area (Å²) in [6.07, 6.45) is 1.94. The number of Topliss-reactive ketones (excluding diaryl/α,β-unsaturated/α-hetero) is 1. The minimum Gasteiger partial charge on any atom is -0.398 e. The summed E-state index contributed by atoms with van der Waals surface area (Å²) in [7, 11) is 0. The molecular formula is C9H10ClNOS. The van der Waals surface area contributed by atoms with E-state index in [4.69, 9.17) is 17.3 Å². The Balaban J connectivity index is 3.11. The van der Waals surface area contributed by atoms with Gasteiger partial charge in [0.05, 0.1) is 5.88 Å². The fraction of sp³-hybridized carbons (Fsp3) is 0.222. The lowest BCUT2D eigenvalue weighted by atomic mass is 10.1. The van der Waals surface area contributed by atoms with Crippen molar-refractivity contribution in [2.45, 2.75) is 4.90 Å². The van der Waals surface area contributed by atoms with Crippen LogP contribution in [0.2, 0.25) is 0 Å². The van der Waals surface area contributed by atoms with Crippen molar-refractivity contribution in [2.75, 3.05) is 17.9 Å². The minimum absolute atomic E-state index is 0.0258. The Labute approximate surface area is 86.5 Å². The number of nitrogen functional groups attached to an aromatic ring is 1. The van der Waals surface area contributed by atoms with E-state index < -0.39 is 0 Å². The van der Waals surface area contributed by atoms with E-state index in [0.29, 0.717) is 11.3 Å². The number of carbonyl (C=O) groups is 1. The fourth-order valence-corrected chi connectivity index (χ4v) is 1.56. The number of rotatable bonds is 3. The zero-order valence-electron chi connectivity index (χ0n) is 7.21. The van der Waals surface area contributed by atoms with Gasteiger partial charge in [0, 0.05) is 16.1 Å². The van der Waals surface area contributed by atoms with Gasteiger partial charge in [-0.05, 0) is 24.5 Å². The molecule has 2 N–H and O–H groups in total. The Morgan fingerprint density at radius 1 is 1.62 bits per heavy atom. The van der Waals surface area contributed by atoms with Crippen LogP contribution in [0.4, 0.5) is 5.69 Å². The molecule has 1 aromatic carbocycles. The van der Waals surface area contributed by atoms with Gasteiger partial charge in [-0.3, -0.25) is 4.79 Å². The highest BCUT2D eigenvalue weighted by atomic mass is 35.5. The standard InChI is InChI=1S/C9H10ClNOS/c1-13-6-2-3-8(11)7(4-6)9(12)5-10/h2-4H,5,11H2,1H3. The van der Waals surface area contributed by atoms with Crippen molar-refractivity contribution in [1.82, 2.24) is 0 Å². The number of alkyl halides is 1. The fourth-order valence-electron chi connectivity index (χ4n) is 0.976. The summed E-state index contributed by atoms with van der Waals surface area (Å²) >= 11 is 7.01. The van der Waals surface area contributed by atoms with Crippen LogP contribution < -0.4 is 5.73 Å². The molecule has 0 aliphatic heterocycles. The van der Waals surface area contributed by atoms with Crippen molar-refractivity contribution < 1.29 is 4.79 Å². The molecule has 0 aromatic heterocycles. The molecule has 1 rings (SSSR count). The van der Waals surface area contributed by atoms with Gasteiger partial charge < -0.3 is 5.73 Å². The zero-order valence-corrected chi connectivity index (χ0v) is 8.78. The van der Waals surface area contributed by atoms with Crippen molar-refractivity contribution >= 4 is 34.8 Å². The summed E-state index contributed by atoms with van der Waals surface area (Å²) < 4.78 is 0. The van der Waals surface area contributed by atoms with Crippen molar-refractivity contribution in [3.05, 3.63) is 23.8 Å². The number of hydrogen-bond donors (Lipinski definition) is 1. The van der Waals surface area contributed by atoms with E-state index in [1.54, 1.807) is 23.9 Å². The minimum atomic E-state index is -0.130. The number of ketones is 1. The van der Waals surface area contributed by atoms with E-state index in [9.17, 15) is 4.79 Å². The molecule has 0 spiro atoms. The Morgan fingerprint density at radius 3 is 2.85 bits per heavy atom. The third-order valence-corrected chi connectivity index (χ3v) is 2.65. The van der Waals surface area contributed by atoms with Gasteiger partial charge in [-0.15, -0.1) is 23.4 Å². The number of benzene rings is 1. The first-order valence-electron chi connectivity index (χ1n) is 3.71. The Bertz CT molecular complexity index is 327. The van der Waals surface area contributed by atoms with Crippen LogP contribution in [0.1, 0.15) is 10.4 Å². The average molecular weight is 216 g/mol. The number of thioether (sulfide) groups is 1. The van der Waals surface area contributed by atoms with Crippen LogP contribution in [-0.4, -0.2) is 17.9 Å². The smallest absolute Gasteiger partial charge is 0.179 e. The molecule has 1 aromatic rings. The third kappa shape index (κ3) is 2.39. The lowest BCUT2D eigenvalue weighted by Gasteiger charge is -2.04. The molecule has 0 bridgehead atoms. The predicted octanol–water partition coefficient (Wildman–Crippen LogP) is 2.41. The zero-order chi connectivity index (χ0) is 9.84. The molecule has 13 heavy (non-hydrogen) atoms. The van der Waals surface area contributed by atoms with Gasteiger partial charge in [0.25, 0.3) is 0 Å². The van der Waals surface area contributed by atoms with Gasteiger partial charge in [-0.1, -0.05) is 0 Å². The van der Waals surface area contributed by atoms with Crippen LogP contribution in [0.25, 0.3) is 0 Å². The predicted molar refractivity (Wildman–Crippen MR) is 57.7 cm³/mol. The highest BCUT2D eigenvalue weighted by Gasteiger charge is 2.08. The van der Waals surface area contributed by atoms with E-state index in [0.717, 1.165) is 4.90 Å². The van der Waals surface area contributed by atoms with Gasteiger partial charge in [-0.2, -0.15) is 0 Å². The summed E-state index contributed by atoms with van der Waals surface area (Å²) in [5.74, 6) is -0.155. The molecule has 0 heterocycles. The number of halogens is 1. The topological polar surface area (TPSA) is 43.1 Å². The van der Waals surface area contributed by atoms with Crippen LogP contribution in [0, 0.1) is 0 Å². The summed E-state index contributed by atoms with van der Waals surface area (Å²) in [5.41, 5.74) is 6.64. The first-order chi connectivity index (χ1) is 6.19. The number of hydrogen-bond acceptors (Lipinski definition) is 3. The van der Waals surface area contributed by atoms with E-state index in [1.807, 2.05) is 12.3 Å². The highest BCUT2D eigenvalue weighted by molar-refractivity contribution is 7.98. The maximum absolute atomic E-state index is 11.3. The lowest BCUT2D eigenvalue weighted by molar-refractivity contribution is 0.102. The van der Waals surface area contributed by atoms with Gasteiger partial charge in [0.2, 0.25) is 0 Å². The van der Waals surface area contributed by atoms with Gasteiger partial charge >= 0.3 is 0 Å². The first-order valence-corrected chi connectivity index (χ1v) is 5.47. The molecule has 70 valence electrons. The summed E-state index contributed by atoms with van der Waals surface area (Å²) in [6.45, 7) is 0. The Kier molecular flexibility index (Phi) is 3.63. The molecule has 0 saturated heterocycles. The normalized spacial score (nSPS) is 10.0. The van der Waals surface area contributed by atoms with E-state index in [-0.39, 0.29) is 11.7 Å². The Hall–Kier alpha value is -0.670. The number of anilines is 1. The van der Waals surface area contributed by atoms with Crippen LogP contribution in [-0.2, 0) is 0 Å². The summed E-state index contributed by atoms with van der Waals surface area (Å²) in [6, 6.07) is 5.38. The van der Waals surface area contributed by atoms with E-state index in [1.165, 1.54) is 0 Å². The van der Waals surface area contributed by atoms with Gasteiger partial charge in [-0.25, -0.2) is 0 Å². The van der Waals surface area contributed by atoms with Crippen LogP contribution in [0.15, 0.2) is 23.1 Å². The van der Waals surface area contributed by atoms with Gasteiger partial charge in [0.15, 0.2) is 5.78 Å². The van der Waals surface area contributed by atoms with Crippen molar-refractivity contribution in [1.29, 1.82) is 0 Å². The second-order valence-corrected chi connectivity index (χ2v) is 3.66. The summed E-state index contributed by atoms with van der Waals surface area (Å²) in [4.78, 5) is 12.3. The average Bonchev–Trinajstić information content (AvgIpc) is 2.17. The molecule has 0 fully saturated rings. The first kappa shape index (κ1) is 10.4. The van der Waals surface area contributed by atoms with Crippen molar-refractivity contribution in [3.8, 4) is 0 Å². The number of nitrogens with two attached hydrogens (primary N) is 1. The molecule has 0 saturated carbocycles. The maximum Gasteiger partial charge on any atom is 0.179 e. The highest BCUT2D eigenvalue weighted by Crippen LogP contribution is 2.21. The second-order valence-electron chi connectivity index (χ2n) is 2.51. The van der Waals surface area contributed by atoms with E-state index in [2.05, 4.69) is 0 Å². The molecule has 0 atom stereocenters. The van der Waals surface area contributed by atoms with E-state index >= 15 is 0 Å². The Morgan fingerprint density at radius 2 is 2.31 bits per heavy atom. The van der Waals surface area contributed by atoms with Crippen molar-refractivity contribution in [3.63, 3.8) is 0 Å². The largest absolute Gasteiger partial charge is 0.398 e. The van der Waals surface area contributed by atoms with Crippen LogP contribution in [0.3, 0.4) is 0 Å². The molecule has 0 amide bonds. The SMILES string of the molecule is CSc1ccc(N)c(C(=O)CCl)c1. The van der Waals surface area contributed by atoms with Crippen molar-refractivity contribution in [2.24, 2.45) is 0 Å². The van der Waals surface area contributed by atoms with Crippen LogP contribution in [0.5, 0.6) is 0 Å². The maximum atomic E-state index is 11.3. The third-order valence-electron chi connectivity index (χ3n) is 1.68. The second kappa shape index (κ2) is 4.53. The number of carbonyl (C=O) groups excluding carboxylic acids is 1. The molecule has 0 unspecified atom stereocenters. The molecule has 0 aliphatic rings. The molecule has 0 radical (unpaired) electrons. The molecule has 4 heteroatoms. The van der Waals surface area contributed by atoms with Gasteiger partial charge in [0.1, 0.15) is 0 Å².